The summed E-state index contributed by atoms with van der Waals surface area (Å²) in [6.45, 7) is 4.55. The third kappa shape index (κ3) is 6.94. The lowest BCUT2D eigenvalue weighted by Gasteiger charge is -2.38. The molecule has 45 heavy (non-hydrogen) atoms. The highest BCUT2D eigenvalue weighted by molar-refractivity contribution is 6.22. The maximum Gasteiger partial charge on any atom is 0.416 e. The monoisotopic (exact) mass is 643 g/mol. The molecule has 1 aliphatic heterocycles. The van der Waals surface area contributed by atoms with Gasteiger partial charge in [-0.3, -0.25) is 9.59 Å². The Labute approximate surface area is 254 Å². The highest BCUT2D eigenvalue weighted by Crippen LogP contribution is 2.49. The molecule has 0 radical (unpaired) electrons. The van der Waals surface area contributed by atoms with E-state index in [0.717, 1.165) is 11.6 Å². The number of alkyl halides is 6. The molecule has 0 saturated carbocycles. The van der Waals surface area contributed by atoms with Crippen LogP contribution in [0.2, 0.25) is 0 Å². The average Bonchev–Trinajstić information content (AvgIpc) is 3.20. The minimum Gasteiger partial charge on any atom is -0.505 e. The minimum absolute atomic E-state index is 0.0843. The number of hydrogen-bond acceptors (Lipinski definition) is 5. The van der Waals surface area contributed by atoms with Crippen molar-refractivity contribution in [3.63, 3.8) is 0 Å². The van der Waals surface area contributed by atoms with Crippen LogP contribution < -0.4 is 4.90 Å². The molecule has 0 bridgehead atoms. The van der Waals surface area contributed by atoms with E-state index in [1.54, 1.807) is 26.8 Å². The fourth-order valence-electron chi connectivity index (χ4n) is 6.26. The number of benzene rings is 2. The molecule has 244 valence electrons. The van der Waals surface area contributed by atoms with Gasteiger partial charge in [-0.05, 0) is 73.6 Å². The number of allylic oxidation sites excluding steroid dienone is 2. The molecular formula is C32H32F7NO5. The average molecular weight is 644 g/mol. The van der Waals surface area contributed by atoms with Crippen LogP contribution in [0, 0.1) is 29.5 Å². The smallest absolute Gasteiger partial charge is 0.416 e. The Bertz CT molecular complexity index is 1510. The molecule has 3 N–H and O–H groups in total. The number of aliphatic hydroxyl groups excluding tert-OH is 2. The molecule has 0 spiro atoms. The summed E-state index contributed by atoms with van der Waals surface area (Å²) >= 11 is 0. The maximum absolute atomic E-state index is 13.7. The molecule has 4 rings (SSSR count). The number of carbonyl (C=O) groups excluding carboxylic acids is 2. The van der Waals surface area contributed by atoms with Crippen molar-refractivity contribution < 1.29 is 55.6 Å². The Balaban J connectivity index is 1.67. The molecule has 0 aromatic heterocycles. The van der Waals surface area contributed by atoms with Crippen molar-refractivity contribution in [3.8, 4) is 5.75 Å². The summed E-state index contributed by atoms with van der Waals surface area (Å²) in [5.41, 5.74) is -2.18. The number of anilines is 1. The summed E-state index contributed by atoms with van der Waals surface area (Å²) in [4.78, 5) is 27.5. The number of aliphatic hydroxyl groups is 2. The molecule has 2 amide bonds. The van der Waals surface area contributed by atoms with Gasteiger partial charge in [0.15, 0.2) is 11.6 Å². The van der Waals surface area contributed by atoms with Crippen LogP contribution >= 0.6 is 0 Å². The molecule has 1 fully saturated rings. The van der Waals surface area contributed by atoms with Crippen LogP contribution in [0.4, 0.5) is 36.4 Å². The predicted molar refractivity (Wildman–Crippen MR) is 150 cm³/mol. The van der Waals surface area contributed by atoms with Gasteiger partial charge in [-0.25, -0.2) is 9.29 Å². The number of amides is 2. The highest BCUT2D eigenvalue weighted by atomic mass is 19.4. The summed E-state index contributed by atoms with van der Waals surface area (Å²) in [5, 5.41) is 31.2. The van der Waals surface area contributed by atoms with Gasteiger partial charge in [0.25, 0.3) is 0 Å². The largest absolute Gasteiger partial charge is 0.505 e. The van der Waals surface area contributed by atoms with E-state index in [1.807, 2.05) is 0 Å². The van der Waals surface area contributed by atoms with Crippen LogP contribution in [0.25, 0.3) is 6.08 Å². The first-order chi connectivity index (χ1) is 20.8. The Morgan fingerprint density at radius 2 is 1.60 bits per heavy atom. The first kappa shape index (κ1) is 34.2. The number of hydrogen-bond donors (Lipinski definition) is 3. The summed E-state index contributed by atoms with van der Waals surface area (Å²) in [5.74, 6) is -7.27. The van der Waals surface area contributed by atoms with Gasteiger partial charge in [-0.2, -0.15) is 26.3 Å². The van der Waals surface area contributed by atoms with Crippen molar-refractivity contribution in [2.75, 3.05) is 11.5 Å². The minimum atomic E-state index is -5.20. The Hall–Kier alpha value is -3.71. The second-order valence-corrected chi connectivity index (χ2v) is 11.8. The first-order valence-electron chi connectivity index (χ1n) is 14.2. The van der Waals surface area contributed by atoms with E-state index in [0.29, 0.717) is 33.7 Å². The van der Waals surface area contributed by atoms with E-state index in [2.05, 4.69) is 0 Å². The molecule has 13 heteroatoms. The number of fused-ring (bicyclic) bond motifs is 1. The lowest BCUT2D eigenvalue weighted by Crippen LogP contribution is -2.40. The van der Waals surface area contributed by atoms with Crippen LogP contribution in [0.15, 0.2) is 53.1 Å². The van der Waals surface area contributed by atoms with Crippen molar-refractivity contribution >= 4 is 23.6 Å². The van der Waals surface area contributed by atoms with Gasteiger partial charge in [0.2, 0.25) is 11.8 Å². The number of rotatable bonds is 8. The lowest BCUT2D eigenvalue weighted by atomic mass is 9.66. The Morgan fingerprint density at radius 1 is 1.00 bits per heavy atom. The van der Waals surface area contributed by atoms with Gasteiger partial charge in [-0.1, -0.05) is 37.1 Å². The fourth-order valence-corrected chi connectivity index (χ4v) is 6.26. The third-order valence-electron chi connectivity index (χ3n) is 8.40. The van der Waals surface area contributed by atoms with E-state index in [9.17, 15) is 55.6 Å². The molecule has 1 aliphatic carbocycles. The molecule has 1 heterocycles. The molecule has 4 atom stereocenters. The zero-order chi connectivity index (χ0) is 33.6. The van der Waals surface area contributed by atoms with Crippen molar-refractivity contribution in [3.05, 3.63) is 75.6 Å². The van der Waals surface area contributed by atoms with Gasteiger partial charge in [0.1, 0.15) is 0 Å². The summed E-state index contributed by atoms with van der Waals surface area (Å²) in [6.07, 6.45) is -9.68. The summed E-state index contributed by atoms with van der Waals surface area (Å²) in [7, 11) is 0. The quantitative estimate of drug-likeness (QED) is 0.166. The Kier molecular flexibility index (Phi) is 9.56. The van der Waals surface area contributed by atoms with Crippen LogP contribution in [0.1, 0.15) is 56.7 Å². The van der Waals surface area contributed by atoms with Crippen LogP contribution in [-0.4, -0.2) is 39.8 Å². The summed E-state index contributed by atoms with van der Waals surface area (Å²) in [6, 6.07) is 4.36. The standard InChI is InChI=1S/C32H32F7NO5/c1-15(2)21-13-22-28(23(14-41)27(21)26(43)6-4-16(3)8-17-5-7-25(42)24(33)9-17)30(45)40(29(22)44)20-11-18(31(34,35)36)10-19(12-20)32(37,38)39/h5,7-12,15,22-23,26,28,41-43H,4,6,13-14H2,1-3H3/b16-8+/t22-,23+,26-,28-/m1/s1. The van der Waals surface area contributed by atoms with Crippen molar-refractivity contribution in [1.29, 1.82) is 0 Å². The molecule has 6 nitrogen and oxygen atoms in total. The van der Waals surface area contributed by atoms with E-state index < -0.39 is 83.0 Å². The normalized spacial score (nSPS) is 22.0. The molecule has 1 saturated heterocycles. The first-order valence-corrected chi connectivity index (χ1v) is 14.2. The zero-order valence-corrected chi connectivity index (χ0v) is 24.5. The maximum atomic E-state index is 13.7. The van der Waals surface area contributed by atoms with Gasteiger partial charge in [-0.15, -0.1) is 0 Å². The van der Waals surface area contributed by atoms with Gasteiger partial charge >= 0.3 is 12.4 Å². The summed E-state index contributed by atoms with van der Waals surface area (Å²) < 4.78 is 95.0. The predicted octanol–water partition coefficient (Wildman–Crippen LogP) is 6.88. The molecule has 2 aromatic rings. The number of imide groups is 1. The SMILES string of the molecule is C/C(=C\c1ccc(O)c(F)c1)CC[C@@H](O)C1=C(C(C)C)C[C@H]2C(=O)N(c3cc(C(F)(F)F)cc(C(F)(F)F)c3)C(=O)[C@H]2[C@H]1CO. The second-order valence-electron chi connectivity index (χ2n) is 11.8. The molecule has 2 aromatic carbocycles. The van der Waals surface area contributed by atoms with Gasteiger partial charge < -0.3 is 15.3 Å². The molecule has 2 aliphatic rings. The van der Waals surface area contributed by atoms with Gasteiger partial charge in [0, 0.05) is 5.92 Å². The highest BCUT2D eigenvalue weighted by Gasteiger charge is 2.56. The fraction of sp³-hybridized carbons (Fsp3) is 0.438. The van der Waals surface area contributed by atoms with Gasteiger partial charge in [0.05, 0.1) is 41.4 Å². The number of aromatic hydroxyl groups is 1. The number of nitrogens with zero attached hydrogens (tertiary/aromatic N) is 1. The van der Waals surface area contributed by atoms with Crippen LogP contribution in [0.5, 0.6) is 5.75 Å². The van der Waals surface area contributed by atoms with Crippen molar-refractivity contribution in [1.82, 2.24) is 0 Å². The lowest BCUT2D eigenvalue weighted by molar-refractivity contribution is -0.143. The number of phenolic OH excluding ortho intramolecular Hbond substituents is 1. The van der Waals surface area contributed by atoms with E-state index in [4.69, 9.17) is 0 Å². The van der Waals surface area contributed by atoms with Crippen LogP contribution in [0.3, 0.4) is 0 Å². The third-order valence-corrected chi connectivity index (χ3v) is 8.40. The second kappa shape index (κ2) is 12.6. The molecular weight excluding hydrogens is 611 g/mol. The molecule has 0 unspecified atom stereocenters. The van der Waals surface area contributed by atoms with E-state index in [1.165, 1.54) is 12.1 Å². The number of halogens is 7. The number of carbonyl (C=O) groups is 2. The Morgan fingerprint density at radius 3 is 2.11 bits per heavy atom. The van der Waals surface area contributed by atoms with E-state index >= 15 is 0 Å². The van der Waals surface area contributed by atoms with Crippen molar-refractivity contribution in [2.24, 2.45) is 23.7 Å². The van der Waals surface area contributed by atoms with E-state index in [-0.39, 0.29) is 31.2 Å². The van der Waals surface area contributed by atoms with Crippen LogP contribution in [-0.2, 0) is 21.9 Å². The topological polar surface area (TPSA) is 98.1 Å². The van der Waals surface area contributed by atoms with Crippen molar-refractivity contribution in [2.45, 2.75) is 58.5 Å². The number of phenols is 1. The zero-order valence-electron chi connectivity index (χ0n) is 24.5.